The van der Waals surface area contributed by atoms with E-state index in [0.29, 0.717) is 19.3 Å². The van der Waals surface area contributed by atoms with Gasteiger partial charge in [0.2, 0.25) is 23.6 Å². The molecule has 48 heavy (non-hydrogen) atoms. The Bertz CT molecular complexity index is 1320. The van der Waals surface area contributed by atoms with Gasteiger partial charge >= 0.3 is 0 Å². The number of carbonyl (C=O) groups excluding carboxylic acids is 4. The quantitative estimate of drug-likeness (QED) is 0.0548. The zero-order valence-electron chi connectivity index (χ0n) is 29.3. The number of unbranched alkanes of at least 4 members (excludes halogenated alkanes) is 8. The van der Waals surface area contributed by atoms with Crippen molar-refractivity contribution in [3.8, 4) is 0 Å². The molecular formula is C37H59N7O4. The lowest BCUT2D eigenvalue weighted by atomic mass is 9.97. The van der Waals surface area contributed by atoms with Crippen LogP contribution in [0.3, 0.4) is 0 Å². The number of guanidine groups is 1. The van der Waals surface area contributed by atoms with Gasteiger partial charge in [0.05, 0.1) is 0 Å². The Hall–Kier alpha value is -4.15. The second-order valence-electron chi connectivity index (χ2n) is 13.1. The predicted molar refractivity (Wildman–Crippen MR) is 194 cm³/mol. The molecule has 0 bridgehead atoms. The van der Waals surface area contributed by atoms with E-state index in [1.807, 2.05) is 56.3 Å². The van der Waals surface area contributed by atoms with Crippen molar-refractivity contribution in [3.05, 3.63) is 48.0 Å². The number of nitrogens with zero attached hydrogens (tertiary/aromatic N) is 1. The molecule has 9 N–H and O–H groups in total. The number of nitrogens with two attached hydrogens (primary N) is 3. The molecule has 2 rings (SSSR count). The van der Waals surface area contributed by atoms with Crippen molar-refractivity contribution in [3.63, 3.8) is 0 Å². The summed E-state index contributed by atoms with van der Waals surface area (Å²) in [5, 5.41) is 10.5. The number of hydrogen-bond acceptors (Lipinski definition) is 5. The van der Waals surface area contributed by atoms with Crippen LogP contribution in [0.15, 0.2) is 47.5 Å². The van der Waals surface area contributed by atoms with Crippen LogP contribution in [0.25, 0.3) is 10.8 Å². The average molecular weight is 666 g/mol. The topological polar surface area (TPSA) is 195 Å². The fourth-order valence-electron chi connectivity index (χ4n) is 5.80. The van der Waals surface area contributed by atoms with Gasteiger partial charge in [0.1, 0.15) is 18.1 Å². The van der Waals surface area contributed by atoms with Gasteiger partial charge in [0.15, 0.2) is 5.96 Å². The SMILES string of the molecule is CCCCCCCCCCCC(=O)N[C@H](Cc1cccc2ccccc12)C(=O)N[C@@H](CCCN=C(N)N)C(=O)N[C@@H](CC(C)C)C(N)=O. The van der Waals surface area contributed by atoms with Gasteiger partial charge < -0.3 is 33.2 Å². The number of fused-ring (bicyclic) bond motifs is 1. The molecule has 0 aliphatic rings. The molecule has 11 heteroatoms. The van der Waals surface area contributed by atoms with Crippen LogP contribution in [0, 0.1) is 5.92 Å². The lowest BCUT2D eigenvalue weighted by Gasteiger charge is -2.25. The predicted octanol–water partition coefficient (Wildman–Crippen LogP) is 4.34. The van der Waals surface area contributed by atoms with Gasteiger partial charge in [0, 0.05) is 19.4 Å². The Morgan fingerprint density at radius 2 is 1.31 bits per heavy atom. The number of rotatable bonds is 24. The molecule has 3 atom stereocenters. The second kappa shape index (κ2) is 22.4. The normalized spacial score (nSPS) is 13.0. The molecule has 4 amide bonds. The molecule has 2 aromatic carbocycles. The maximum atomic E-state index is 13.9. The van der Waals surface area contributed by atoms with Gasteiger partial charge in [-0.05, 0) is 47.9 Å². The molecule has 2 aromatic rings. The fourth-order valence-corrected chi connectivity index (χ4v) is 5.80. The summed E-state index contributed by atoms with van der Waals surface area (Å²) in [7, 11) is 0. The summed E-state index contributed by atoms with van der Waals surface area (Å²) in [6, 6.07) is 10.9. The lowest BCUT2D eigenvalue weighted by molar-refractivity contribution is -0.133. The van der Waals surface area contributed by atoms with Gasteiger partial charge in [-0.1, -0.05) is 115 Å². The molecule has 0 aromatic heterocycles. The molecule has 0 radical (unpaired) electrons. The Labute approximate surface area is 286 Å². The number of nitrogens with one attached hydrogen (secondary N) is 3. The highest BCUT2D eigenvalue weighted by Crippen LogP contribution is 2.20. The number of benzene rings is 2. The van der Waals surface area contributed by atoms with E-state index in [0.717, 1.165) is 42.0 Å². The Morgan fingerprint density at radius 1 is 0.708 bits per heavy atom. The van der Waals surface area contributed by atoms with Crippen molar-refractivity contribution in [2.24, 2.45) is 28.1 Å². The maximum Gasteiger partial charge on any atom is 0.243 e. The first kappa shape index (κ1) is 40.0. The van der Waals surface area contributed by atoms with Crippen molar-refractivity contribution in [2.45, 2.75) is 129 Å². The summed E-state index contributed by atoms with van der Waals surface area (Å²) in [5.74, 6) is -1.87. The van der Waals surface area contributed by atoms with Crippen LogP contribution in [0.5, 0.6) is 0 Å². The molecular weight excluding hydrogens is 606 g/mol. The van der Waals surface area contributed by atoms with Crippen LogP contribution in [0.4, 0.5) is 0 Å². The maximum absolute atomic E-state index is 13.9. The smallest absolute Gasteiger partial charge is 0.243 e. The van der Waals surface area contributed by atoms with Crippen LogP contribution in [0.2, 0.25) is 0 Å². The Balaban J connectivity index is 2.19. The first-order valence-electron chi connectivity index (χ1n) is 17.7. The monoisotopic (exact) mass is 665 g/mol. The van der Waals surface area contributed by atoms with E-state index in [9.17, 15) is 19.2 Å². The van der Waals surface area contributed by atoms with E-state index in [-0.39, 0.29) is 37.2 Å². The zero-order valence-corrected chi connectivity index (χ0v) is 29.3. The summed E-state index contributed by atoms with van der Waals surface area (Å²) in [6.45, 7) is 6.31. The number of aliphatic imine (C=N–C) groups is 1. The summed E-state index contributed by atoms with van der Waals surface area (Å²) >= 11 is 0. The van der Waals surface area contributed by atoms with Crippen LogP contribution in [-0.4, -0.2) is 54.3 Å². The minimum Gasteiger partial charge on any atom is -0.370 e. The van der Waals surface area contributed by atoms with Crippen molar-refractivity contribution in [1.29, 1.82) is 0 Å². The number of amides is 4. The Kier molecular flexibility index (Phi) is 18.7. The van der Waals surface area contributed by atoms with E-state index in [2.05, 4.69) is 27.9 Å². The Morgan fingerprint density at radius 3 is 1.96 bits per heavy atom. The third-order valence-electron chi connectivity index (χ3n) is 8.41. The highest BCUT2D eigenvalue weighted by Gasteiger charge is 2.29. The number of carbonyl (C=O) groups is 4. The largest absolute Gasteiger partial charge is 0.370 e. The van der Waals surface area contributed by atoms with Crippen molar-refractivity contribution in [2.75, 3.05) is 6.54 Å². The molecule has 0 heterocycles. The minimum atomic E-state index is -1.01. The number of hydrogen-bond donors (Lipinski definition) is 6. The standard InChI is InChI=1S/C37H59N7O4/c1-4-5-6-7-8-9-10-11-12-22-33(45)42-32(25-28-19-15-18-27-17-13-14-20-29(27)28)36(48)43-30(21-16-23-41-37(39)40)35(47)44-31(34(38)46)24-26(2)3/h13-15,17-20,26,30-32H,4-12,16,21-25H2,1-3H3,(H2,38,46)(H,42,45)(H,43,48)(H,44,47)(H4,39,40,41)/t30-,31-,32+/m0/s1. The molecule has 0 saturated heterocycles. The third-order valence-corrected chi connectivity index (χ3v) is 8.41. The van der Waals surface area contributed by atoms with Crippen molar-refractivity contribution in [1.82, 2.24) is 16.0 Å². The molecule has 0 aliphatic carbocycles. The minimum absolute atomic E-state index is 0.0735. The molecule has 11 nitrogen and oxygen atoms in total. The van der Waals surface area contributed by atoms with Crippen LogP contribution in [0.1, 0.15) is 110 Å². The zero-order chi connectivity index (χ0) is 35.3. The third kappa shape index (κ3) is 15.6. The van der Waals surface area contributed by atoms with Gasteiger partial charge in [-0.3, -0.25) is 24.2 Å². The first-order valence-corrected chi connectivity index (χ1v) is 17.7. The molecule has 0 aliphatic heterocycles. The molecule has 0 spiro atoms. The van der Waals surface area contributed by atoms with Crippen LogP contribution >= 0.6 is 0 Å². The second-order valence-corrected chi connectivity index (χ2v) is 13.1. The van der Waals surface area contributed by atoms with Crippen molar-refractivity contribution < 1.29 is 19.2 Å². The lowest BCUT2D eigenvalue weighted by Crippen LogP contribution is -2.57. The van der Waals surface area contributed by atoms with E-state index in [1.165, 1.54) is 32.1 Å². The van der Waals surface area contributed by atoms with Gasteiger partial charge in [-0.25, -0.2) is 0 Å². The fraction of sp³-hybridized carbons (Fsp3) is 0.595. The van der Waals surface area contributed by atoms with Crippen LogP contribution in [-0.2, 0) is 25.6 Å². The average Bonchev–Trinajstić information content (AvgIpc) is 3.04. The highest BCUT2D eigenvalue weighted by molar-refractivity contribution is 5.94. The van der Waals surface area contributed by atoms with Gasteiger partial charge in [-0.2, -0.15) is 0 Å². The summed E-state index contributed by atoms with van der Waals surface area (Å²) in [5.41, 5.74) is 17.4. The first-order chi connectivity index (χ1) is 23.0. The van der Waals surface area contributed by atoms with E-state index in [1.54, 1.807) is 0 Å². The summed E-state index contributed by atoms with van der Waals surface area (Å²) in [6.07, 6.45) is 11.7. The number of primary amides is 1. The summed E-state index contributed by atoms with van der Waals surface area (Å²) in [4.78, 5) is 56.7. The van der Waals surface area contributed by atoms with Crippen LogP contribution < -0.4 is 33.2 Å². The van der Waals surface area contributed by atoms with Gasteiger partial charge in [0.25, 0.3) is 0 Å². The van der Waals surface area contributed by atoms with E-state index < -0.39 is 35.8 Å². The molecule has 266 valence electrons. The summed E-state index contributed by atoms with van der Waals surface area (Å²) < 4.78 is 0. The van der Waals surface area contributed by atoms with E-state index in [4.69, 9.17) is 17.2 Å². The molecule has 0 fully saturated rings. The molecule has 0 unspecified atom stereocenters. The van der Waals surface area contributed by atoms with Crippen molar-refractivity contribution >= 4 is 40.4 Å². The highest BCUT2D eigenvalue weighted by atomic mass is 16.2. The van der Waals surface area contributed by atoms with E-state index >= 15 is 0 Å². The van der Waals surface area contributed by atoms with Gasteiger partial charge in [-0.15, -0.1) is 0 Å². The molecule has 0 saturated carbocycles.